The number of fused-ring (bicyclic) bond motifs is 1. The second kappa shape index (κ2) is 6.55. The lowest BCUT2D eigenvalue weighted by Crippen LogP contribution is -2.44. The number of nitrogens with zero attached hydrogens (tertiary/aromatic N) is 3. The third kappa shape index (κ3) is 3.20. The average molecular weight is 336 g/mol. The van der Waals surface area contributed by atoms with Gasteiger partial charge in [-0.25, -0.2) is 4.98 Å². The van der Waals surface area contributed by atoms with Crippen LogP contribution in [0.4, 0.5) is 0 Å². The summed E-state index contributed by atoms with van der Waals surface area (Å²) < 4.78 is 5.97. The molecule has 128 valence electrons. The first-order valence-electron chi connectivity index (χ1n) is 8.52. The molecule has 1 saturated heterocycles. The van der Waals surface area contributed by atoms with Crippen molar-refractivity contribution >= 4 is 16.8 Å². The summed E-state index contributed by atoms with van der Waals surface area (Å²) in [6.07, 6.45) is 5.28. The van der Waals surface area contributed by atoms with E-state index < -0.39 is 0 Å². The van der Waals surface area contributed by atoms with Gasteiger partial charge in [-0.05, 0) is 25.8 Å². The molecule has 0 bridgehead atoms. The molecule has 6 heteroatoms. The number of aryl methyl sites for hydroxylation is 1. The van der Waals surface area contributed by atoms with E-state index in [0.29, 0.717) is 23.8 Å². The van der Waals surface area contributed by atoms with E-state index in [1.165, 1.54) is 0 Å². The number of H-pyrrole nitrogens is 1. The molecule has 1 aliphatic rings. The van der Waals surface area contributed by atoms with E-state index in [2.05, 4.69) is 15.0 Å². The second-order valence-electron chi connectivity index (χ2n) is 6.32. The Balaban J connectivity index is 1.50. The fourth-order valence-corrected chi connectivity index (χ4v) is 3.31. The highest BCUT2D eigenvalue weighted by molar-refractivity contribution is 6.06. The van der Waals surface area contributed by atoms with Crippen LogP contribution in [0.2, 0.25) is 0 Å². The molecule has 0 spiro atoms. The number of hydrogen-bond acceptors (Lipinski definition) is 4. The quantitative estimate of drug-likeness (QED) is 0.798. The van der Waals surface area contributed by atoms with Crippen LogP contribution in [-0.4, -0.2) is 45.0 Å². The van der Waals surface area contributed by atoms with E-state index in [1.807, 2.05) is 36.1 Å². The molecule has 1 aliphatic heterocycles. The molecule has 1 atom stereocenters. The number of hydrogen-bond donors (Lipinski definition) is 1. The molecule has 1 unspecified atom stereocenters. The number of likely N-dealkylation sites (tertiary alicyclic amines) is 1. The Bertz CT molecular complexity index is 905. The lowest BCUT2D eigenvalue weighted by molar-refractivity contribution is 0.0529. The summed E-state index contributed by atoms with van der Waals surface area (Å²) in [5.74, 6) is 1.29. The SMILES string of the molecule is Cc1nccc(OC2CCCN(C(=O)c3c[nH]c4ccccc34)C2)n1. The van der Waals surface area contributed by atoms with Crippen LogP contribution in [-0.2, 0) is 0 Å². The van der Waals surface area contributed by atoms with Gasteiger partial charge in [0, 0.05) is 35.9 Å². The number of nitrogens with one attached hydrogen (secondary N) is 1. The third-order valence-corrected chi connectivity index (χ3v) is 4.52. The standard InChI is InChI=1S/C19H20N4O2/c1-13-20-9-8-18(22-13)25-14-5-4-10-23(12-14)19(24)16-11-21-17-7-3-2-6-15(16)17/h2-3,6-9,11,14,21H,4-5,10,12H2,1H3. The van der Waals surface area contributed by atoms with Gasteiger partial charge in [0.25, 0.3) is 5.91 Å². The van der Waals surface area contributed by atoms with Crippen LogP contribution in [0.25, 0.3) is 10.9 Å². The highest BCUT2D eigenvalue weighted by Crippen LogP contribution is 2.22. The maximum atomic E-state index is 13.0. The molecule has 2 aromatic heterocycles. The van der Waals surface area contributed by atoms with E-state index in [1.54, 1.807) is 18.5 Å². The maximum Gasteiger partial charge on any atom is 0.256 e. The van der Waals surface area contributed by atoms with Gasteiger partial charge in [-0.2, -0.15) is 4.98 Å². The van der Waals surface area contributed by atoms with Crippen molar-refractivity contribution in [1.82, 2.24) is 19.9 Å². The highest BCUT2D eigenvalue weighted by atomic mass is 16.5. The minimum Gasteiger partial charge on any atom is -0.472 e. The van der Waals surface area contributed by atoms with Gasteiger partial charge in [-0.15, -0.1) is 0 Å². The molecule has 25 heavy (non-hydrogen) atoms. The van der Waals surface area contributed by atoms with Gasteiger partial charge in [-0.3, -0.25) is 4.79 Å². The van der Waals surface area contributed by atoms with E-state index in [4.69, 9.17) is 4.74 Å². The van der Waals surface area contributed by atoms with Gasteiger partial charge in [-0.1, -0.05) is 18.2 Å². The van der Waals surface area contributed by atoms with Crippen LogP contribution in [0.1, 0.15) is 29.0 Å². The van der Waals surface area contributed by atoms with Crippen molar-refractivity contribution in [2.75, 3.05) is 13.1 Å². The number of piperidine rings is 1. The summed E-state index contributed by atoms with van der Waals surface area (Å²) in [6, 6.07) is 9.62. The van der Waals surface area contributed by atoms with Crippen molar-refractivity contribution < 1.29 is 9.53 Å². The smallest absolute Gasteiger partial charge is 0.256 e. The number of ether oxygens (including phenoxy) is 1. The minimum absolute atomic E-state index is 0.0443. The Labute approximate surface area is 145 Å². The van der Waals surface area contributed by atoms with Crippen LogP contribution in [0.15, 0.2) is 42.7 Å². The zero-order valence-corrected chi connectivity index (χ0v) is 14.1. The van der Waals surface area contributed by atoms with Gasteiger partial charge in [0.15, 0.2) is 0 Å². The van der Waals surface area contributed by atoms with Crippen LogP contribution in [0.5, 0.6) is 5.88 Å². The number of carbonyl (C=O) groups excluding carboxylic acids is 1. The monoisotopic (exact) mass is 336 g/mol. The molecule has 0 aliphatic carbocycles. The van der Waals surface area contributed by atoms with Crippen LogP contribution in [0, 0.1) is 6.92 Å². The van der Waals surface area contributed by atoms with Gasteiger partial charge < -0.3 is 14.6 Å². The van der Waals surface area contributed by atoms with E-state index in [-0.39, 0.29) is 12.0 Å². The lowest BCUT2D eigenvalue weighted by atomic mass is 10.1. The number of amides is 1. The predicted molar refractivity (Wildman–Crippen MR) is 94.6 cm³/mol. The summed E-state index contributed by atoms with van der Waals surface area (Å²) in [5, 5.41) is 0.960. The van der Waals surface area contributed by atoms with Crippen molar-refractivity contribution in [1.29, 1.82) is 0 Å². The topological polar surface area (TPSA) is 71.1 Å². The number of aromatic nitrogens is 3. The normalized spacial score (nSPS) is 17.6. The summed E-state index contributed by atoms with van der Waals surface area (Å²) in [4.78, 5) is 26.4. The van der Waals surface area contributed by atoms with Crippen molar-refractivity contribution in [2.45, 2.75) is 25.9 Å². The number of para-hydroxylation sites is 1. The summed E-state index contributed by atoms with van der Waals surface area (Å²) in [5.41, 5.74) is 1.70. The Kier molecular flexibility index (Phi) is 4.09. The Hall–Kier alpha value is -2.89. The van der Waals surface area contributed by atoms with E-state index in [9.17, 15) is 4.79 Å². The number of carbonyl (C=O) groups is 1. The zero-order valence-electron chi connectivity index (χ0n) is 14.1. The molecule has 1 amide bonds. The molecule has 4 rings (SSSR count). The van der Waals surface area contributed by atoms with E-state index in [0.717, 1.165) is 30.3 Å². The van der Waals surface area contributed by atoms with Crippen molar-refractivity contribution in [3.05, 3.63) is 54.1 Å². The van der Waals surface area contributed by atoms with Gasteiger partial charge in [0.1, 0.15) is 11.9 Å². The molecule has 1 N–H and O–H groups in total. The molecular weight excluding hydrogens is 316 g/mol. The van der Waals surface area contributed by atoms with Crippen molar-refractivity contribution in [2.24, 2.45) is 0 Å². The first-order chi connectivity index (χ1) is 12.2. The Morgan fingerprint density at radius 2 is 2.20 bits per heavy atom. The van der Waals surface area contributed by atoms with Gasteiger partial charge in [0.05, 0.1) is 12.1 Å². The molecular formula is C19H20N4O2. The summed E-state index contributed by atoms with van der Waals surface area (Å²) in [7, 11) is 0. The van der Waals surface area contributed by atoms with Gasteiger partial charge >= 0.3 is 0 Å². The summed E-state index contributed by atoms with van der Waals surface area (Å²) >= 11 is 0. The predicted octanol–water partition coefficient (Wildman–Crippen LogP) is 2.95. The fraction of sp³-hybridized carbons (Fsp3) is 0.316. The maximum absolute atomic E-state index is 13.0. The second-order valence-corrected chi connectivity index (χ2v) is 6.32. The summed E-state index contributed by atoms with van der Waals surface area (Å²) in [6.45, 7) is 3.16. The van der Waals surface area contributed by atoms with E-state index >= 15 is 0 Å². The molecule has 3 heterocycles. The lowest BCUT2D eigenvalue weighted by Gasteiger charge is -2.32. The highest BCUT2D eigenvalue weighted by Gasteiger charge is 2.27. The first kappa shape index (κ1) is 15.6. The fourth-order valence-electron chi connectivity index (χ4n) is 3.31. The largest absolute Gasteiger partial charge is 0.472 e. The molecule has 6 nitrogen and oxygen atoms in total. The Morgan fingerprint density at radius 3 is 3.08 bits per heavy atom. The number of aromatic amines is 1. The van der Waals surface area contributed by atoms with Crippen LogP contribution in [0.3, 0.4) is 0 Å². The Morgan fingerprint density at radius 1 is 1.32 bits per heavy atom. The van der Waals surface area contributed by atoms with Crippen molar-refractivity contribution in [3.63, 3.8) is 0 Å². The van der Waals surface area contributed by atoms with Crippen molar-refractivity contribution in [3.8, 4) is 5.88 Å². The molecule has 0 radical (unpaired) electrons. The van der Waals surface area contributed by atoms with Crippen LogP contribution >= 0.6 is 0 Å². The number of rotatable bonds is 3. The molecule has 1 aromatic carbocycles. The first-order valence-corrected chi connectivity index (χ1v) is 8.52. The molecule has 3 aromatic rings. The average Bonchev–Trinajstić information content (AvgIpc) is 3.05. The third-order valence-electron chi connectivity index (χ3n) is 4.52. The van der Waals surface area contributed by atoms with Crippen LogP contribution < -0.4 is 4.74 Å². The minimum atomic E-state index is -0.0443. The molecule has 0 saturated carbocycles. The number of benzene rings is 1. The molecule has 1 fully saturated rings. The van der Waals surface area contributed by atoms with Gasteiger partial charge in [0.2, 0.25) is 5.88 Å². The zero-order chi connectivity index (χ0) is 17.2.